The van der Waals surface area contributed by atoms with Crippen molar-refractivity contribution in [3.05, 3.63) is 78.1 Å². The van der Waals surface area contributed by atoms with Crippen molar-refractivity contribution < 1.29 is 9.90 Å². The van der Waals surface area contributed by atoms with E-state index in [0.29, 0.717) is 6.42 Å². The second-order valence-corrected chi connectivity index (χ2v) is 5.03. The Hall–Kier alpha value is -2.68. The number of hydrogen-bond donors (Lipinski definition) is 1. The lowest BCUT2D eigenvalue weighted by Gasteiger charge is -2.14. The zero-order chi connectivity index (χ0) is 14.7. The number of carboxylic acids is 1. The lowest BCUT2D eigenvalue weighted by molar-refractivity contribution is -0.138. The van der Waals surface area contributed by atoms with Crippen molar-refractivity contribution in [2.24, 2.45) is 0 Å². The number of rotatable bonds is 4. The molecule has 0 fully saturated rings. The molecular weight excluding hydrogens is 262 g/mol. The van der Waals surface area contributed by atoms with Gasteiger partial charge < -0.3 is 5.11 Å². The van der Waals surface area contributed by atoms with Crippen LogP contribution in [0.5, 0.6) is 0 Å². The molecule has 0 aliphatic heterocycles. The first kappa shape index (κ1) is 13.3. The van der Waals surface area contributed by atoms with Gasteiger partial charge in [-0.25, -0.2) is 0 Å². The molecule has 0 aliphatic rings. The standard InChI is InChI=1S/C18H15NO2/c20-18(21)17(13-6-2-1-3-7-13)10-15-12-19-11-14-8-4-5-9-16(14)15/h1-9,11-12,17H,10H2,(H,20,21). The topological polar surface area (TPSA) is 50.2 Å². The molecule has 1 unspecified atom stereocenters. The second kappa shape index (κ2) is 5.75. The fourth-order valence-corrected chi connectivity index (χ4v) is 2.59. The molecule has 0 bridgehead atoms. The normalized spacial score (nSPS) is 12.2. The summed E-state index contributed by atoms with van der Waals surface area (Å²) in [7, 11) is 0. The summed E-state index contributed by atoms with van der Waals surface area (Å²) in [6.07, 6.45) is 4.01. The van der Waals surface area contributed by atoms with E-state index in [1.54, 1.807) is 12.4 Å². The van der Waals surface area contributed by atoms with E-state index in [1.165, 1.54) is 0 Å². The van der Waals surface area contributed by atoms with Crippen LogP contribution in [-0.4, -0.2) is 16.1 Å². The van der Waals surface area contributed by atoms with E-state index in [4.69, 9.17) is 0 Å². The SMILES string of the molecule is O=C(O)C(Cc1cncc2ccccc12)c1ccccc1. The minimum atomic E-state index is -0.811. The molecule has 21 heavy (non-hydrogen) atoms. The third-order valence-electron chi connectivity index (χ3n) is 3.67. The Balaban J connectivity index is 2.01. The predicted octanol–water partition coefficient (Wildman–Crippen LogP) is 3.65. The van der Waals surface area contributed by atoms with Crippen LogP contribution in [0.1, 0.15) is 17.0 Å². The first-order valence-electron chi connectivity index (χ1n) is 6.85. The molecule has 3 heteroatoms. The quantitative estimate of drug-likeness (QED) is 0.792. The van der Waals surface area contributed by atoms with Gasteiger partial charge in [0.25, 0.3) is 0 Å². The molecule has 3 nitrogen and oxygen atoms in total. The molecule has 1 atom stereocenters. The van der Waals surface area contributed by atoms with Gasteiger partial charge in [0.1, 0.15) is 0 Å². The summed E-state index contributed by atoms with van der Waals surface area (Å²) in [6, 6.07) is 17.3. The highest BCUT2D eigenvalue weighted by atomic mass is 16.4. The van der Waals surface area contributed by atoms with Gasteiger partial charge in [-0.05, 0) is 22.9 Å². The lowest BCUT2D eigenvalue weighted by Crippen LogP contribution is -2.14. The zero-order valence-electron chi connectivity index (χ0n) is 11.4. The summed E-state index contributed by atoms with van der Waals surface area (Å²) in [4.78, 5) is 15.8. The molecule has 0 aliphatic carbocycles. The summed E-state index contributed by atoms with van der Waals surface area (Å²) in [5.41, 5.74) is 1.78. The third-order valence-corrected chi connectivity index (χ3v) is 3.67. The van der Waals surface area contributed by atoms with Gasteiger partial charge in [0.15, 0.2) is 0 Å². The molecule has 1 aromatic heterocycles. The molecule has 0 spiro atoms. The number of carboxylic acid groups (broad SMARTS) is 1. The summed E-state index contributed by atoms with van der Waals surface area (Å²) in [6.45, 7) is 0. The smallest absolute Gasteiger partial charge is 0.311 e. The summed E-state index contributed by atoms with van der Waals surface area (Å²) in [5.74, 6) is -1.37. The Morgan fingerprint density at radius 1 is 1.00 bits per heavy atom. The van der Waals surface area contributed by atoms with Gasteiger partial charge in [-0.2, -0.15) is 0 Å². The molecule has 0 amide bonds. The van der Waals surface area contributed by atoms with Gasteiger partial charge in [0.05, 0.1) is 5.92 Å². The molecule has 0 saturated heterocycles. The summed E-state index contributed by atoms with van der Waals surface area (Å²) >= 11 is 0. The highest BCUT2D eigenvalue weighted by Crippen LogP contribution is 2.25. The largest absolute Gasteiger partial charge is 0.481 e. The second-order valence-electron chi connectivity index (χ2n) is 5.03. The molecule has 2 aromatic carbocycles. The lowest BCUT2D eigenvalue weighted by atomic mass is 9.91. The fourth-order valence-electron chi connectivity index (χ4n) is 2.59. The summed E-state index contributed by atoms with van der Waals surface area (Å²) < 4.78 is 0. The van der Waals surface area contributed by atoms with Gasteiger partial charge in [0, 0.05) is 17.8 Å². The Bertz CT molecular complexity index is 763. The van der Waals surface area contributed by atoms with Gasteiger partial charge in [-0.15, -0.1) is 0 Å². The van der Waals surface area contributed by atoms with E-state index in [0.717, 1.165) is 21.9 Å². The number of aliphatic carboxylic acids is 1. The highest BCUT2D eigenvalue weighted by molar-refractivity contribution is 5.86. The molecule has 0 saturated carbocycles. The van der Waals surface area contributed by atoms with Crippen molar-refractivity contribution in [2.45, 2.75) is 12.3 Å². The number of fused-ring (bicyclic) bond motifs is 1. The predicted molar refractivity (Wildman–Crippen MR) is 82.3 cm³/mol. The highest BCUT2D eigenvalue weighted by Gasteiger charge is 2.21. The van der Waals surface area contributed by atoms with E-state index < -0.39 is 11.9 Å². The molecule has 0 radical (unpaired) electrons. The van der Waals surface area contributed by atoms with Crippen LogP contribution in [0.15, 0.2) is 67.0 Å². The molecule has 1 heterocycles. The van der Waals surface area contributed by atoms with Crippen molar-refractivity contribution in [1.82, 2.24) is 4.98 Å². The van der Waals surface area contributed by atoms with Crippen molar-refractivity contribution in [2.75, 3.05) is 0 Å². The fraction of sp³-hybridized carbons (Fsp3) is 0.111. The Morgan fingerprint density at radius 3 is 2.48 bits per heavy atom. The third kappa shape index (κ3) is 2.77. The van der Waals surface area contributed by atoms with E-state index in [2.05, 4.69) is 4.98 Å². The Labute approximate surface area is 122 Å². The molecule has 104 valence electrons. The van der Waals surface area contributed by atoms with E-state index >= 15 is 0 Å². The van der Waals surface area contributed by atoms with Gasteiger partial charge in [-0.1, -0.05) is 54.6 Å². The minimum Gasteiger partial charge on any atom is -0.481 e. The molecule has 1 N–H and O–H groups in total. The first-order chi connectivity index (χ1) is 10.3. The minimum absolute atomic E-state index is 0.438. The molecule has 3 rings (SSSR count). The number of carbonyl (C=O) groups is 1. The van der Waals surface area contributed by atoms with E-state index in [-0.39, 0.29) is 0 Å². The summed E-state index contributed by atoms with van der Waals surface area (Å²) in [5, 5.41) is 11.6. The van der Waals surface area contributed by atoms with Crippen molar-refractivity contribution in [3.8, 4) is 0 Å². The Kier molecular flexibility index (Phi) is 3.65. The van der Waals surface area contributed by atoms with Crippen LogP contribution in [0.2, 0.25) is 0 Å². The van der Waals surface area contributed by atoms with E-state index in [1.807, 2.05) is 54.6 Å². The first-order valence-corrected chi connectivity index (χ1v) is 6.85. The van der Waals surface area contributed by atoms with Crippen LogP contribution in [-0.2, 0) is 11.2 Å². The van der Waals surface area contributed by atoms with Crippen molar-refractivity contribution in [1.29, 1.82) is 0 Å². The number of aromatic nitrogens is 1. The zero-order valence-corrected chi connectivity index (χ0v) is 11.4. The van der Waals surface area contributed by atoms with Crippen molar-refractivity contribution >= 4 is 16.7 Å². The maximum absolute atomic E-state index is 11.6. The molecule has 3 aromatic rings. The average Bonchev–Trinajstić information content (AvgIpc) is 2.53. The monoisotopic (exact) mass is 277 g/mol. The molecular formula is C18H15NO2. The van der Waals surface area contributed by atoms with Crippen LogP contribution < -0.4 is 0 Å². The number of nitrogens with zero attached hydrogens (tertiary/aromatic N) is 1. The maximum atomic E-state index is 11.6. The van der Waals surface area contributed by atoms with Gasteiger partial charge in [0.2, 0.25) is 0 Å². The van der Waals surface area contributed by atoms with E-state index in [9.17, 15) is 9.90 Å². The van der Waals surface area contributed by atoms with Crippen molar-refractivity contribution in [3.63, 3.8) is 0 Å². The van der Waals surface area contributed by atoms with Crippen LogP contribution in [0, 0.1) is 0 Å². The number of benzene rings is 2. The Morgan fingerprint density at radius 2 is 1.71 bits per heavy atom. The average molecular weight is 277 g/mol. The number of pyridine rings is 1. The van der Waals surface area contributed by atoms with Crippen LogP contribution >= 0.6 is 0 Å². The van der Waals surface area contributed by atoms with Gasteiger partial charge in [-0.3, -0.25) is 9.78 Å². The maximum Gasteiger partial charge on any atom is 0.311 e. The van der Waals surface area contributed by atoms with Crippen LogP contribution in [0.4, 0.5) is 0 Å². The van der Waals surface area contributed by atoms with Crippen LogP contribution in [0.25, 0.3) is 10.8 Å². The van der Waals surface area contributed by atoms with Crippen LogP contribution in [0.3, 0.4) is 0 Å². The van der Waals surface area contributed by atoms with Gasteiger partial charge >= 0.3 is 5.97 Å². The number of hydrogen-bond acceptors (Lipinski definition) is 2.